The maximum atomic E-state index is 5.77. The SMILES string of the molecule is CCn1ncc(CN2CCCC(CN)C2)c1C. The van der Waals surface area contributed by atoms with Crippen molar-refractivity contribution in [2.75, 3.05) is 19.6 Å². The van der Waals surface area contributed by atoms with Crippen LogP contribution in [-0.4, -0.2) is 34.3 Å². The van der Waals surface area contributed by atoms with E-state index in [9.17, 15) is 0 Å². The van der Waals surface area contributed by atoms with Crippen molar-refractivity contribution < 1.29 is 0 Å². The van der Waals surface area contributed by atoms with Crippen molar-refractivity contribution in [1.29, 1.82) is 0 Å². The molecule has 1 fully saturated rings. The Hall–Kier alpha value is -0.870. The second-order valence-electron chi connectivity index (χ2n) is 5.05. The number of nitrogens with two attached hydrogens (primary N) is 1. The highest BCUT2D eigenvalue weighted by Crippen LogP contribution is 2.18. The Bertz CT molecular complexity index is 358. The van der Waals surface area contributed by atoms with Crippen LogP contribution in [0.5, 0.6) is 0 Å². The minimum Gasteiger partial charge on any atom is -0.330 e. The standard InChI is InChI=1S/C13H24N4/c1-3-17-11(2)13(8-15-17)10-16-6-4-5-12(7-14)9-16/h8,12H,3-7,9-10,14H2,1-2H3. The van der Waals surface area contributed by atoms with E-state index in [0.717, 1.165) is 26.2 Å². The molecule has 0 saturated carbocycles. The summed E-state index contributed by atoms with van der Waals surface area (Å²) in [4.78, 5) is 2.52. The highest BCUT2D eigenvalue weighted by molar-refractivity contribution is 5.16. The molecule has 17 heavy (non-hydrogen) atoms. The molecule has 1 aliphatic rings. The molecule has 0 radical (unpaired) electrons. The van der Waals surface area contributed by atoms with Gasteiger partial charge in [0.05, 0.1) is 6.20 Å². The molecule has 96 valence electrons. The second-order valence-corrected chi connectivity index (χ2v) is 5.05. The van der Waals surface area contributed by atoms with Crippen LogP contribution < -0.4 is 5.73 Å². The normalized spacial score (nSPS) is 21.9. The number of nitrogens with zero attached hydrogens (tertiary/aromatic N) is 3. The lowest BCUT2D eigenvalue weighted by Gasteiger charge is -2.31. The van der Waals surface area contributed by atoms with E-state index in [1.807, 2.05) is 6.20 Å². The molecule has 0 aromatic carbocycles. The molecule has 2 heterocycles. The summed E-state index contributed by atoms with van der Waals surface area (Å²) in [5, 5.41) is 4.40. The zero-order chi connectivity index (χ0) is 12.3. The molecular formula is C13H24N4. The molecule has 1 atom stereocenters. The van der Waals surface area contributed by atoms with E-state index in [2.05, 4.69) is 28.5 Å². The van der Waals surface area contributed by atoms with E-state index in [1.165, 1.54) is 30.6 Å². The summed E-state index contributed by atoms with van der Waals surface area (Å²) in [6, 6.07) is 0. The molecule has 1 aromatic heterocycles. The molecular weight excluding hydrogens is 212 g/mol. The maximum absolute atomic E-state index is 5.77. The Morgan fingerprint density at radius 1 is 1.53 bits per heavy atom. The van der Waals surface area contributed by atoms with Crippen LogP contribution in [0.1, 0.15) is 31.0 Å². The highest BCUT2D eigenvalue weighted by atomic mass is 15.3. The Kier molecular flexibility index (Phi) is 4.18. The number of hydrogen-bond acceptors (Lipinski definition) is 3. The molecule has 2 N–H and O–H groups in total. The van der Waals surface area contributed by atoms with Crippen LogP contribution >= 0.6 is 0 Å². The Balaban J connectivity index is 1.97. The van der Waals surface area contributed by atoms with Crippen LogP contribution in [-0.2, 0) is 13.1 Å². The number of aromatic nitrogens is 2. The second kappa shape index (κ2) is 5.65. The van der Waals surface area contributed by atoms with Crippen molar-refractivity contribution in [3.8, 4) is 0 Å². The van der Waals surface area contributed by atoms with Gasteiger partial charge in [-0.05, 0) is 45.7 Å². The summed E-state index contributed by atoms with van der Waals surface area (Å²) >= 11 is 0. The van der Waals surface area contributed by atoms with E-state index in [-0.39, 0.29) is 0 Å². The van der Waals surface area contributed by atoms with Crippen molar-refractivity contribution in [3.63, 3.8) is 0 Å². The lowest BCUT2D eigenvalue weighted by molar-refractivity contribution is 0.170. The molecule has 4 heteroatoms. The molecule has 0 amide bonds. The first-order chi connectivity index (χ1) is 8.24. The van der Waals surface area contributed by atoms with E-state index in [1.54, 1.807) is 0 Å². The number of piperidine rings is 1. The quantitative estimate of drug-likeness (QED) is 0.859. The third kappa shape index (κ3) is 2.87. The monoisotopic (exact) mass is 236 g/mol. The van der Waals surface area contributed by atoms with Crippen LogP contribution in [0.25, 0.3) is 0 Å². The first-order valence-electron chi connectivity index (χ1n) is 6.68. The van der Waals surface area contributed by atoms with Gasteiger partial charge in [0.2, 0.25) is 0 Å². The molecule has 2 rings (SSSR count). The van der Waals surface area contributed by atoms with Gasteiger partial charge in [0, 0.05) is 30.9 Å². The lowest BCUT2D eigenvalue weighted by Crippen LogP contribution is -2.37. The van der Waals surface area contributed by atoms with E-state index in [4.69, 9.17) is 5.73 Å². The number of hydrogen-bond donors (Lipinski definition) is 1. The molecule has 0 spiro atoms. The number of likely N-dealkylation sites (tertiary alicyclic amines) is 1. The summed E-state index contributed by atoms with van der Waals surface area (Å²) in [6.45, 7) is 9.45. The molecule has 1 unspecified atom stereocenters. The largest absolute Gasteiger partial charge is 0.330 e. The Morgan fingerprint density at radius 3 is 3.00 bits per heavy atom. The van der Waals surface area contributed by atoms with Gasteiger partial charge < -0.3 is 5.73 Å². The van der Waals surface area contributed by atoms with Crippen LogP contribution in [0.15, 0.2) is 6.20 Å². The van der Waals surface area contributed by atoms with Gasteiger partial charge in [-0.15, -0.1) is 0 Å². The van der Waals surface area contributed by atoms with Crippen molar-refractivity contribution in [2.24, 2.45) is 11.7 Å². The Morgan fingerprint density at radius 2 is 2.35 bits per heavy atom. The van der Waals surface area contributed by atoms with Crippen LogP contribution in [0.4, 0.5) is 0 Å². The van der Waals surface area contributed by atoms with Crippen molar-refractivity contribution >= 4 is 0 Å². The van der Waals surface area contributed by atoms with Gasteiger partial charge >= 0.3 is 0 Å². The summed E-state index contributed by atoms with van der Waals surface area (Å²) in [5.74, 6) is 0.685. The fourth-order valence-corrected chi connectivity index (χ4v) is 2.69. The third-order valence-corrected chi connectivity index (χ3v) is 3.83. The van der Waals surface area contributed by atoms with Crippen molar-refractivity contribution in [3.05, 3.63) is 17.5 Å². The summed E-state index contributed by atoms with van der Waals surface area (Å²) in [7, 11) is 0. The minimum atomic E-state index is 0.685. The molecule has 0 aliphatic carbocycles. The first kappa shape index (κ1) is 12.6. The average molecular weight is 236 g/mol. The van der Waals surface area contributed by atoms with Crippen LogP contribution in [0.2, 0.25) is 0 Å². The first-order valence-corrected chi connectivity index (χ1v) is 6.68. The van der Waals surface area contributed by atoms with Crippen molar-refractivity contribution in [1.82, 2.24) is 14.7 Å². The van der Waals surface area contributed by atoms with Crippen LogP contribution in [0, 0.1) is 12.8 Å². The van der Waals surface area contributed by atoms with E-state index < -0.39 is 0 Å². The summed E-state index contributed by atoms with van der Waals surface area (Å²) in [5.41, 5.74) is 8.44. The van der Waals surface area contributed by atoms with Gasteiger partial charge in [-0.3, -0.25) is 9.58 Å². The van der Waals surface area contributed by atoms with Gasteiger partial charge in [0.15, 0.2) is 0 Å². The van der Waals surface area contributed by atoms with Gasteiger partial charge in [0.1, 0.15) is 0 Å². The molecule has 4 nitrogen and oxygen atoms in total. The minimum absolute atomic E-state index is 0.685. The molecule has 1 aromatic rings. The maximum Gasteiger partial charge on any atom is 0.0537 e. The average Bonchev–Trinajstić information content (AvgIpc) is 2.71. The van der Waals surface area contributed by atoms with Gasteiger partial charge in [-0.2, -0.15) is 5.10 Å². The lowest BCUT2D eigenvalue weighted by atomic mass is 9.98. The fourth-order valence-electron chi connectivity index (χ4n) is 2.69. The molecule has 1 saturated heterocycles. The number of rotatable bonds is 4. The third-order valence-electron chi connectivity index (χ3n) is 3.83. The summed E-state index contributed by atoms with van der Waals surface area (Å²) < 4.78 is 2.07. The van der Waals surface area contributed by atoms with Gasteiger partial charge in [0.25, 0.3) is 0 Å². The zero-order valence-electron chi connectivity index (χ0n) is 11.0. The van der Waals surface area contributed by atoms with Crippen molar-refractivity contribution in [2.45, 2.75) is 39.8 Å². The summed E-state index contributed by atoms with van der Waals surface area (Å²) in [6.07, 6.45) is 4.59. The molecule has 0 bridgehead atoms. The van der Waals surface area contributed by atoms with E-state index in [0.29, 0.717) is 5.92 Å². The predicted octanol–water partition coefficient (Wildman–Crippen LogP) is 1.38. The highest BCUT2D eigenvalue weighted by Gasteiger charge is 2.19. The van der Waals surface area contributed by atoms with Crippen LogP contribution in [0.3, 0.4) is 0 Å². The zero-order valence-corrected chi connectivity index (χ0v) is 11.0. The predicted molar refractivity (Wildman–Crippen MR) is 69.7 cm³/mol. The van der Waals surface area contributed by atoms with E-state index >= 15 is 0 Å². The fraction of sp³-hybridized carbons (Fsp3) is 0.769. The number of aryl methyl sites for hydroxylation is 1. The van der Waals surface area contributed by atoms with Gasteiger partial charge in [-0.1, -0.05) is 0 Å². The van der Waals surface area contributed by atoms with Gasteiger partial charge in [-0.25, -0.2) is 0 Å². The molecule has 1 aliphatic heterocycles. The Labute approximate surface area is 104 Å². The topological polar surface area (TPSA) is 47.1 Å². The smallest absolute Gasteiger partial charge is 0.0537 e.